The fourth-order valence-electron chi connectivity index (χ4n) is 3.57. The number of hydrogen-bond donors (Lipinski definition) is 1. The molecular formula is C22H26ClN5S. The SMILES string of the molecule is CCNc1nc(C(C)N2CCN(Sc3ccc(Cl)cc3)CC2)nc2ccccc12. The lowest BCUT2D eigenvalue weighted by Crippen LogP contribution is -2.44. The van der Waals surface area contributed by atoms with E-state index in [0.717, 1.165) is 60.3 Å². The molecule has 7 heteroatoms. The second-order valence-electron chi connectivity index (χ2n) is 7.16. The van der Waals surface area contributed by atoms with Gasteiger partial charge in [0.05, 0.1) is 11.6 Å². The van der Waals surface area contributed by atoms with Crippen LogP contribution in [0, 0.1) is 0 Å². The molecule has 1 unspecified atom stereocenters. The topological polar surface area (TPSA) is 44.3 Å². The van der Waals surface area contributed by atoms with Gasteiger partial charge in [-0.15, -0.1) is 0 Å². The highest BCUT2D eigenvalue weighted by Gasteiger charge is 2.25. The van der Waals surface area contributed by atoms with Crippen molar-refractivity contribution >= 4 is 40.3 Å². The molecule has 0 aliphatic carbocycles. The average Bonchev–Trinajstić information content (AvgIpc) is 2.75. The molecule has 1 saturated heterocycles. The summed E-state index contributed by atoms with van der Waals surface area (Å²) in [4.78, 5) is 13.4. The van der Waals surface area contributed by atoms with E-state index in [4.69, 9.17) is 21.6 Å². The summed E-state index contributed by atoms with van der Waals surface area (Å²) in [5, 5.41) is 5.25. The molecule has 0 amide bonds. The maximum absolute atomic E-state index is 5.99. The number of aromatic nitrogens is 2. The molecule has 0 radical (unpaired) electrons. The molecule has 2 aromatic carbocycles. The summed E-state index contributed by atoms with van der Waals surface area (Å²) in [5.74, 6) is 1.82. The molecule has 0 saturated carbocycles. The molecule has 1 N–H and O–H groups in total. The van der Waals surface area contributed by atoms with Gasteiger partial charge in [0.15, 0.2) is 0 Å². The predicted octanol–water partition coefficient (Wildman–Crippen LogP) is 5.10. The van der Waals surface area contributed by atoms with Gasteiger partial charge >= 0.3 is 0 Å². The van der Waals surface area contributed by atoms with Crippen LogP contribution >= 0.6 is 23.5 Å². The van der Waals surface area contributed by atoms with Crippen LogP contribution in [0.1, 0.15) is 25.7 Å². The third-order valence-corrected chi connectivity index (χ3v) is 6.57. The quantitative estimate of drug-likeness (QED) is 0.552. The number of nitrogens with one attached hydrogen (secondary N) is 1. The Kier molecular flexibility index (Phi) is 6.55. The van der Waals surface area contributed by atoms with E-state index in [1.807, 2.05) is 24.3 Å². The second kappa shape index (κ2) is 9.30. The Hall–Kier alpha value is -1.86. The van der Waals surface area contributed by atoms with Gasteiger partial charge in [-0.2, -0.15) is 0 Å². The standard InChI is InChI=1S/C22H26ClN5S/c1-3-24-22-19-6-4-5-7-20(19)25-21(26-22)16(2)27-12-14-28(15-13-27)29-18-10-8-17(23)9-11-18/h4-11,16H,3,12-15H2,1-2H3,(H,24,25,26). The van der Waals surface area contributed by atoms with E-state index in [1.54, 1.807) is 11.9 Å². The van der Waals surface area contributed by atoms with Crippen LogP contribution in [-0.2, 0) is 0 Å². The van der Waals surface area contributed by atoms with Gasteiger partial charge in [0.2, 0.25) is 0 Å². The largest absolute Gasteiger partial charge is 0.370 e. The van der Waals surface area contributed by atoms with Gasteiger partial charge < -0.3 is 5.32 Å². The summed E-state index contributed by atoms with van der Waals surface area (Å²) in [5.41, 5.74) is 0.997. The van der Waals surface area contributed by atoms with Crippen LogP contribution in [0.15, 0.2) is 53.4 Å². The molecule has 3 aromatic rings. The lowest BCUT2D eigenvalue weighted by atomic mass is 10.2. The molecule has 4 rings (SSSR count). The van der Waals surface area contributed by atoms with Crippen molar-refractivity contribution in [3.05, 3.63) is 59.4 Å². The molecule has 1 aliphatic rings. The number of rotatable bonds is 6. The first-order valence-electron chi connectivity index (χ1n) is 10.1. The van der Waals surface area contributed by atoms with Gasteiger partial charge in [-0.05, 0) is 62.2 Å². The fourth-order valence-corrected chi connectivity index (χ4v) is 4.60. The number of para-hydroxylation sites is 1. The fraction of sp³-hybridized carbons (Fsp3) is 0.364. The molecule has 1 aromatic heterocycles. The predicted molar refractivity (Wildman–Crippen MR) is 123 cm³/mol. The third kappa shape index (κ3) is 4.83. The van der Waals surface area contributed by atoms with Gasteiger partial charge in [-0.3, -0.25) is 4.90 Å². The van der Waals surface area contributed by atoms with Gasteiger partial charge in [0, 0.05) is 48.0 Å². The van der Waals surface area contributed by atoms with Crippen LogP contribution in [0.25, 0.3) is 10.9 Å². The van der Waals surface area contributed by atoms with Crippen LogP contribution in [0.4, 0.5) is 5.82 Å². The molecule has 29 heavy (non-hydrogen) atoms. The maximum Gasteiger partial charge on any atom is 0.148 e. The lowest BCUT2D eigenvalue weighted by molar-refractivity contribution is 0.147. The van der Waals surface area contributed by atoms with Crippen LogP contribution in [0.5, 0.6) is 0 Å². The Morgan fingerprint density at radius 1 is 1.03 bits per heavy atom. The Morgan fingerprint density at radius 3 is 2.48 bits per heavy atom. The van der Waals surface area contributed by atoms with E-state index in [0.29, 0.717) is 0 Å². The van der Waals surface area contributed by atoms with Crippen LogP contribution in [-0.4, -0.2) is 51.9 Å². The summed E-state index contributed by atoms with van der Waals surface area (Å²) >= 11 is 7.79. The lowest BCUT2D eigenvalue weighted by Gasteiger charge is -2.36. The molecule has 152 valence electrons. The third-order valence-electron chi connectivity index (χ3n) is 5.21. The van der Waals surface area contributed by atoms with Gasteiger partial charge in [0.25, 0.3) is 0 Å². The summed E-state index contributed by atoms with van der Waals surface area (Å²) in [6.07, 6.45) is 0. The molecule has 1 aliphatic heterocycles. The molecule has 5 nitrogen and oxygen atoms in total. The number of hydrogen-bond acceptors (Lipinski definition) is 6. The first-order chi connectivity index (χ1) is 14.1. The zero-order valence-electron chi connectivity index (χ0n) is 16.8. The van der Waals surface area contributed by atoms with Crippen molar-refractivity contribution in [2.24, 2.45) is 0 Å². The van der Waals surface area contributed by atoms with Crippen molar-refractivity contribution < 1.29 is 0 Å². The smallest absolute Gasteiger partial charge is 0.148 e. The highest BCUT2D eigenvalue weighted by atomic mass is 35.5. The highest BCUT2D eigenvalue weighted by molar-refractivity contribution is 7.97. The van der Waals surface area contributed by atoms with E-state index >= 15 is 0 Å². The number of halogens is 1. The van der Waals surface area contributed by atoms with E-state index in [9.17, 15) is 0 Å². The van der Waals surface area contributed by atoms with E-state index in [-0.39, 0.29) is 6.04 Å². The van der Waals surface area contributed by atoms with Crippen LogP contribution in [0.2, 0.25) is 5.02 Å². The summed E-state index contributed by atoms with van der Waals surface area (Å²) in [7, 11) is 0. The average molecular weight is 428 g/mol. The van der Waals surface area contributed by atoms with Crippen molar-refractivity contribution in [3.63, 3.8) is 0 Å². The number of piperazine rings is 1. The number of nitrogens with zero attached hydrogens (tertiary/aromatic N) is 4. The highest BCUT2D eigenvalue weighted by Crippen LogP contribution is 2.29. The van der Waals surface area contributed by atoms with Crippen molar-refractivity contribution in [1.82, 2.24) is 19.2 Å². The zero-order chi connectivity index (χ0) is 20.2. The molecule has 0 bridgehead atoms. The summed E-state index contributed by atoms with van der Waals surface area (Å²) in [6.45, 7) is 9.15. The normalized spacial score (nSPS) is 16.8. The molecule has 0 spiro atoms. The van der Waals surface area contributed by atoms with Crippen molar-refractivity contribution in [3.8, 4) is 0 Å². The summed E-state index contributed by atoms with van der Waals surface area (Å²) < 4.78 is 2.41. The zero-order valence-corrected chi connectivity index (χ0v) is 18.4. The van der Waals surface area contributed by atoms with Crippen molar-refractivity contribution in [1.29, 1.82) is 0 Å². The second-order valence-corrected chi connectivity index (χ2v) is 8.77. The minimum absolute atomic E-state index is 0.180. The maximum atomic E-state index is 5.99. The minimum Gasteiger partial charge on any atom is -0.370 e. The summed E-state index contributed by atoms with van der Waals surface area (Å²) in [6, 6.07) is 16.4. The Labute approximate surface area is 181 Å². The molecule has 1 atom stereocenters. The Balaban J connectivity index is 1.44. The molecule has 1 fully saturated rings. The minimum atomic E-state index is 0.180. The van der Waals surface area contributed by atoms with E-state index in [2.05, 4.69) is 52.6 Å². The van der Waals surface area contributed by atoms with Crippen LogP contribution < -0.4 is 5.32 Å². The monoisotopic (exact) mass is 427 g/mol. The Bertz CT molecular complexity index is 957. The molecule has 2 heterocycles. The van der Waals surface area contributed by atoms with Gasteiger partial charge in [-0.25, -0.2) is 14.3 Å². The van der Waals surface area contributed by atoms with Crippen LogP contribution in [0.3, 0.4) is 0 Å². The van der Waals surface area contributed by atoms with E-state index in [1.165, 1.54) is 4.90 Å². The van der Waals surface area contributed by atoms with Crippen molar-refractivity contribution in [2.75, 3.05) is 38.0 Å². The number of fused-ring (bicyclic) bond motifs is 1. The number of benzene rings is 2. The first kappa shape index (κ1) is 20.4. The Morgan fingerprint density at radius 2 is 1.76 bits per heavy atom. The van der Waals surface area contributed by atoms with Gasteiger partial charge in [-0.1, -0.05) is 23.7 Å². The first-order valence-corrected chi connectivity index (χ1v) is 11.2. The van der Waals surface area contributed by atoms with E-state index < -0.39 is 0 Å². The van der Waals surface area contributed by atoms with Gasteiger partial charge in [0.1, 0.15) is 11.6 Å². The molecular weight excluding hydrogens is 402 g/mol. The van der Waals surface area contributed by atoms with Crippen molar-refractivity contribution in [2.45, 2.75) is 24.8 Å². The number of anilines is 1.